The highest BCUT2D eigenvalue weighted by Gasteiger charge is 2.24. The number of pyridine rings is 1. The SMILES string of the molecule is Cn1cnc2c(Nc3cccc(Br)c3)ncc(C(=O)N3CCCC3)c21. The van der Waals surface area contributed by atoms with Crippen LogP contribution < -0.4 is 5.32 Å². The van der Waals surface area contributed by atoms with Gasteiger partial charge in [-0.3, -0.25) is 4.79 Å². The van der Waals surface area contributed by atoms with Crippen LogP contribution in [0.15, 0.2) is 41.3 Å². The zero-order valence-electron chi connectivity index (χ0n) is 13.9. The van der Waals surface area contributed by atoms with Crippen molar-refractivity contribution >= 4 is 44.4 Å². The highest BCUT2D eigenvalue weighted by atomic mass is 79.9. The van der Waals surface area contributed by atoms with Gasteiger partial charge in [0.2, 0.25) is 0 Å². The van der Waals surface area contributed by atoms with Crippen LogP contribution in [0.3, 0.4) is 0 Å². The van der Waals surface area contributed by atoms with Crippen LogP contribution in [0.1, 0.15) is 23.2 Å². The Balaban J connectivity index is 1.76. The quantitative estimate of drug-likeness (QED) is 0.728. The van der Waals surface area contributed by atoms with Gasteiger partial charge >= 0.3 is 0 Å². The summed E-state index contributed by atoms with van der Waals surface area (Å²) < 4.78 is 2.86. The average molecular weight is 400 g/mol. The number of imidazole rings is 1. The molecule has 3 aromatic rings. The first-order chi connectivity index (χ1) is 12.1. The second-order valence-electron chi connectivity index (χ2n) is 6.21. The van der Waals surface area contributed by atoms with E-state index in [0.29, 0.717) is 16.9 Å². The molecule has 0 unspecified atom stereocenters. The van der Waals surface area contributed by atoms with Crippen molar-refractivity contribution in [3.63, 3.8) is 0 Å². The van der Waals surface area contributed by atoms with Gasteiger partial charge in [0.1, 0.15) is 5.52 Å². The molecular formula is C18H18BrN5O. The predicted octanol–water partition coefficient (Wildman–Crippen LogP) is 3.71. The van der Waals surface area contributed by atoms with Gasteiger partial charge in [-0.2, -0.15) is 0 Å². The lowest BCUT2D eigenvalue weighted by Gasteiger charge is -2.16. The Hall–Kier alpha value is -2.41. The number of nitrogens with zero attached hydrogens (tertiary/aromatic N) is 4. The van der Waals surface area contributed by atoms with Crippen LogP contribution in [0.25, 0.3) is 11.0 Å². The number of rotatable bonds is 3. The van der Waals surface area contributed by atoms with Crippen LogP contribution in [0.5, 0.6) is 0 Å². The van der Waals surface area contributed by atoms with Crippen molar-refractivity contribution in [2.24, 2.45) is 7.05 Å². The van der Waals surface area contributed by atoms with Crippen LogP contribution in [-0.2, 0) is 7.05 Å². The Morgan fingerprint density at radius 3 is 2.80 bits per heavy atom. The average Bonchev–Trinajstić information content (AvgIpc) is 3.25. The molecule has 1 fully saturated rings. The van der Waals surface area contributed by atoms with Gasteiger partial charge < -0.3 is 14.8 Å². The number of carbonyl (C=O) groups excluding carboxylic acids is 1. The molecule has 1 aromatic carbocycles. The Morgan fingerprint density at radius 2 is 2.04 bits per heavy atom. The van der Waals surface area contributed by atoms with Crippen molar-refractivity contribution < 1.29 is 4.79 Å². The first-order valence-electron chi connectivity index (χ1n) is 8.25. The van der Waals surface area contributed by atoms with Crippen molar-refractivity contribution in [1.82, 2.24) is 19.4 Å². The summed E-state index contributed by atoms with van der Waals surface area (Å²) in [6, 6.07) is 7.85. The Morgan fingerprint density at radius 1 is 1.24 bits per heavy atom. The van der Waals surface area contributed by atoms with Crippen molar-refractivity contribution in [2.75, 3.05) is 18.4 Å². The number of halogens is 1. The molecule has 1 aliphatic heterocycles. The number of fused-ring (bicyclic) bond motifs is 1. The Kier molecular flexibility index (Phi) is 4.17. The summed E-state index contributed by atoms with van der Waals surface area (Å²) in [5.74, 6) is 0.680. The van der Waals surface area contributed by atoms with E-state index < -0.39 is 0 Å². The number of anilines is 2. The van der Waals surface area contributed by atoms with Crippen molar-refractivity contribution in [1.29, 1.82) is 0 Å². The first kappa shape index (κ1) is 16.1. The molecule has 128 valence electrons. The summed E-state index contributed by atoms with van der Waals surface area (Å²) >= 11 is 3.47. The number of hydrogen-bond acceptors (Lipinski definition) is 4. The fraction of sp³-hybridized carbons (Fsp3) is 0.278. The van der Waals surface area contributed by atoms with E-state index in [4.69, 9.17) is 0 Å². The minimum atomic E-state index is 0.0348. The fourth-order valence-corrected chi connectivity index (χ4v) is 3.61. The van der Waals surface area contributed by atoms with E-state index in [-0.39, 0.29) is 5.91 Å². The highest BCUT2D eigenvalue weighted by Crippen LogP contribution is 2.28. The monoisotopic (exact) mass is 399 g/mol. The summed E-state index contributed by atoms with van der Waals surface area (Å²) in [6.45, 7) is 1.63. The molecule has 2 aromatic heterocycles. The van der Waals surface area contributed by atoms with E-state index in [1.165, 1.54) is 0 Å². The van der Waals surface area contributed by atoms with Gasteiger partial charge in [-0.1, -0.05) is 22.0 Å². The maximum atomic E-state index is 12.8. The third-order valence-corrected chi connectivity index (χ3v) is 4.94. The minimum Gasteiger partial charge on any atom is -0.339 e. The number of carbonyl (C=O) groups is 1. The highest BCUT2D eigenvalue weighted by molar-refractivity contribution is 9.10. The number of likely N-dealkylation sites (tertiary alicyclic amines) is 1. The molecular weight excluding hydrogens is 382 g/mol. The molecule has 0 saturated carbocycles. The van der Waals surface area contributed by atoms with Crippen molar-refractivity contribution in [2.45, 2.75) is 12.8 Å². The molecule has 0 bridgehead atoms. The Bertz CT molecular complexity index is 946. The maximum Gasteiger partial charge on any atom is 0.257 e. The Labute approximate surface area is 154 Å². The van der Waals surface area contributed by atoms with E-state index in [1.54, 1.807) is 12.5 Å². The number of nitrogens with one attached hydrogen (secondary N) is 1. The molecule has 0 spiro atoms. The number of amides is 1. The molecule has 6 nitrogen and oxygen atoms in total. The van der Waals surface area contributed by atoms with Crippen molar-refractivity contribution in [3.8, 4) is 0 Å². The van der Waals surface area contributed by atoms with Gasteiger partial charge in [0.05, 0.1) is 17.4 Å². The van der Waals surface area contributed by atoms with Gasteiger partial charge in [0, 0.05) is 36.5 Å². The van der Waals surface area contributed by atoms with Gasteiger partial charge in [0.25, 0.3) is 5.91 Å². The second kappa shape index (κ2) is 6.48. The zero-order valence-corrected chi connectivity index (χ0v) is 15.5. The topological polar surface area (TPSA) is 63.1 Å². The molecule has 1 aliphatic rings. The fourth-order valence-electron chi connectivity index (χ4n) is 3.21. The number of aryl methyl sites for hydroxylation is 1. The molecule has 1 saturated heterocycles. The second-order valence-corrected chi connectivity index (χ2v) is 7.12. The molecule has 4 rings (SSSR count). The van der Waals surface area contributed by atoms with Crippen LogP contribution in [0.2, 0.25) is 0 Å². The third-order valence-electron chi connectivity index (χ3n) is 4.45. The van der Waals surface area contributed by atoms with Crippen LogP contribution in [-0.4, -0.2) is 38.4 Å². The standard InChI is InChI=1S/C18H18BrN5O/c1-23-11-21-15-16(23)14(18(25)24-7-2-3-8-24)10-20-17(15)22-13-6-4-5-12(19)9-13/h4-6,9-11H,2-3,7-8H2,1H3,(H,20,22). The van der Waals surface area contributed by atoms with E-state index >= 15 is 0 Å². The zero-order chi connectivity index (χ0) is 17.4. The first-order valence-corrected chi connectivity index (χ1v) is 9.04. The van der Waals surface area contributed by atoms with Gasteiger partial charge in [-0.25, -0.2) is 9.97 Å². The predicted molar refractivity (Wildman–Crippen MR) is 101 cm³/mol. The van der Waals surface area contributed by atoms with E-state index in [9.17, 15) is 4.79 Å². The lowest BCUT2D eigenvalue weighted by Crippen LogP contribution is -2.28. The number of aromatic nitrogens is 3. The summed E-state index contributed by atoms with van der Waals surface area (Å²) in [5, 5.41) is 3.29. The lowest BCUT2D eigenvalue weighted by atomic mass is 10.2. The maximum absolute atomic E-state index is 12.8. The molecule has 7 heteroatoms. The van der Waals surface area contributed by atoms with Gasteiger partial charge in [-0.15, -0.1) is 0 Å². The van der Waals surface area contributed by atoms with Crippen LogP contribution >= 0.6 is 15.9 Å². The smallest absolute Gasteiger partial charge is 0.257 e. The molecule has 1 amide bonds. The molecule has 0 radical (unpaired) electrons. The third kappa shape index (κ3) is 3.00. The molecule has 25 heavy (non-hydrogen) atoms. The number of hydrogen-bond donors (Lipinski definition) is 1. The summed E-state index contributed by atoms with van der Waals surface area (Å²) in [5.41, 5.74) is 3.03. The molecule has 0 aliphatic carbocycles. The van der Waals surface area contributed by atoms with E-state index in [1.807, 2.05) is 40.8 Å². The summed E-state index contributed by atoms with van der Waals surface area (Å²) in [6.07, 6.45) is 5.51. The molecule has 0 atom stereocenters. The van der Waals surface area contributed by atoms with E-state index in [2.05, 4.69) is 31.2 Å². The lowest BCUT2D eigenvalue weighted by molar-refractivity contribution is 0.0794. The number of benzene rings is 1. The van der Waals surface area contributed by atoms with Crippen LogP contribution in [0, 0.1) is 0 Å². The van der Waals surface area contributed by atoms with Crippen LogP contribution in [0.4, 0.5) is 11.5 Å². The minimum absolute atomic E-state index is 0.0348. The largest absolute Gasteiger partial charge is 0.339 e. The van der Waals surface area contributed by atoms with Gasteiger partial charge in [0.15, 0.2) is 5.82 Å². The van der Waals surface area contributed by atoms with E-state index in [0.717, 1.165) is 41.6 Å². The van der Waals surface area contributed by atoms with Crippen molar-refractivity contribution in [3.05, 3.63) is 46.8 Å². The summed E-state index contributed by atoms with van der Waals surface area (Å²) in [4.78, 5) is 23.7. The van der Waals surface area contributed by atoms with Gasteiger partial charge in [-0.05, 0) is 31.0 Å². The molecule has 3 heterocycles. The molecule has 1 N–H and O–H groups in total. The summed E-state index contributed by atoms with van der Waals surface area (Å²) in [7, 11) is 1.90. The normalized spacial score (nSPS) is 14.2.